The van der Waals surface area contributed by atoms with E-state index in [0.29, 0.717) is 0 Å². The number of carbonyl (C=O) groups excluding carboxylic acids is 1. The van der Waals surface area contributed by atoms with Crippen molar-refractivity contribution in [3.8, 4) is 11.8 Å². The number of rotatable bonds is 3. The quantitative estimate of drug-likeness (QED) is 0.768. The molecule has 0 bridgehead atoms. The predicted molar refractivity (Wildman–Crippen MR) is 50.6 cm³/mol. The maximum atomic E-state index is 12.5. The fourth-order valence-electron chi connectivity index (χ4n) is 1.14. The van der Waals surface area contributed by atoms with E-state index in [2.05, 4.69) is 9.72 Å². The highest BCUT2D eigenvalue weighted by Crippen LogP contribution is 2.32. The van der Waals surface area contributed by atoms with Crippen molar-refractivity contribution in [2.45, 2.75) is 6.43 Å². The summed E-state index contributed by atoms with van der Waals surface area (Å²) in [6.07, 6.45) is -2.09. The third-order valence-electron chi connectivity index (χ3n) is 1.80. The van der Waals surface area contributed by atoms with Gasteiger partial charge in [-0.2, -0.15) is 5.26 Å². The number of pyridine rings is 1. The molecule has 16 heavy (non-hydrogen) atoms. The first-order chi connectivity index (χ1) is 7.52. The number of hydrogen-bond donors (Lipinski definition) is 0. The molecule has 0 fully saturated rings. The summed E-state index contributed by atoms with van der Waals surface area (Å²) in [4.78, 5) is 14.3. The van der Waals surface area contributed by atoms with Gasteiger partial charge >= 0.3 is 0 Å². The number of alkyl halides is 2. The fourth-order valence-corrected chi connectivity index (χ4v) is 1.28. The highest BCUT2D eigenvalue weighted by atomic mass is 35.5. The molecule has 0 unspecified atom stereocenters. The Hall–Kier alpha value is -1.74. The lowest BCUT2D eigenvalue weighted by atomic mass is 10.1. The normalized spacial score (nSPS) is 10.0. The fraction of sp³-hybridized carbons (Fsp3) is 0.222. The van der Waals surface area contributed by atoms with Crippen LogP contribution in [0.4, 0.5) is 8.78 Å². The standard InChI is InChI=1S/C9H5ClF2N2O2/c1-16-7-4(2-13)6(8(10)15)14-3-5(7)9(11)12/h3,9H,1H3. The first-order valence-corrected chi connectivity index (χ1v) is 4.35. The SMILES string of the molecule is COc1c(C(F)F)cnc(C(=O)Cl)c1C#N. The summed E-state index contributed by atoms with van der Waals surface area (Å²) in [7, 11) is 1.12. The number of nitrogens with zero attached hydrogens (tertiary/aromatic N) is 2. The third-order valence-corrected chi connectivity index (χ3v) is 1.97. The molecule has 0 aliphatic carbocycles. The van der Waals surface area contributed by atoms with Gasteiger partial charge < -0.3 is 4.74 Å². The molecule has 1 aromatic heterocycles. The van der Waals surface area contributed by atoms with Crippen molar-refractivity contribution in [1.82, 2.24) is 4.98 Å². The van der Waals surface area contributed by atoms with Crippen LogP contribution < -0.4 is 4.74 Å². The van der Waals surface area contributed by atoms with Gasteiger partial charge in [-0.15, -0.1) is 0 Å². The van der Waals surface area contributed by atoms with Gasteiger partial charge in [0.25, 0.3) is 11.7 Å². The Bertz CT molecular complexity index is 471. The summed E-state index contributed by atoms with van der Waals surface area (Å²) in [5.74, 6) is -0.378. The molecule has 0 aromatic carbocycles. The van der Waals surface area contributed by atoms with E-state index in [1.165, 1.54) is 0 Å². The van der Waals surface area contributed by atoms with Crippen molar-refractivity contribution in [1.29, 1.82) is 5.26 Å². The average molecular weight is 247 g/mol. The molecule has 1 heterocycles. The highest BCUT2D eigenvalue weighted by molar-refractivity contribution is 6.67. The van der Waals surface area contributed by atoms with E-state index in [0.717, 1.165) is 13.3 Å². The number of methoxy groups -OCH3 is 1. The van der Waals surface area contributed by atoms with Crippen molar-refractivity contribution in [2.24, 2.45) is 0 Å². The maximum absolute atomic E-state index is 12.5. The van der Waals surface area contributed by atoms with Crippen LogP contribution in [0.2, 0.25) is 0 Å². The molecule has 0 amide bonds. The van der Waals surface area contributed by atoms with Gasteiger partial charge in [0, 0.05) is 6.20 Å². The molecule has 0 saturated heterocycles. The molecule has 0 radical (unpaired) electrons. The predicted octanol–water partition coefficient (Wildman–Crippen LogP) is 2.28. The first-order valence-electron chi connectivity index (χ1n) is 3.97. The second kappa shape index (κ2) is 4.86. The molecule has 4 nitrogen and oxygen atoms in total. The summed E-state index contributed by atoms with van der Waals surface area (Å²) in [6, 6.07) is 1.57. The van der Waals surface area contributed by atoms with Crippen molar-refractivity contribution < 1.29 is 18.3 Å². The minimum absolute atomic E-state index is 0.378. The van der Waals surface area contributed by atoms with Crippen LogP contribution in [-0.4, -0.2) is 17.3 Å². The molecule has 7 heteroatoms. The van der Waals surface area contributed by atoms with Crippen LogP contribution in [0.3, 0.4) is 0 Å². The average Bonchev–Trinajstić information content (AvgIpc) is 2.26. The lowest BCUT2D eigenvalue weighted by Gasteiger charge is -2.10. The van der Waals surface area contributed by atoms with Gasteiger partial charge in [-0.25, -0.2) is 13.8 Å². The second-order valence-electron chi connectivity index (χ2n) is 2.66. The van der Waals surface area contributed by atoms with Gasteiger partial charge in [0.05, 0.1) is 12.7 Å². The van der Waals surface area contributed by atoms with Gasteiger partial charge in [-0.3, -0.25) is 4.79 Å². The second-order valence-corrected chi connectivity index (χ2v) is 3.00. The third kappa shape index (κ3) is 2.09. The zero-order chi connectivity index (χ0) is 12.3. The van der Waals surface area contributed by atoms with Crippen LogP contribution in [0.15, 0.2) is 6.20 Å². The zero-order valence-electron chi connectivity index (χ0n) is 8.00. The Morgan fingerprint density at radius 2 is 2.31 bits per heavy atom. The Kier molecular flexibility index (Phi) is 3.74. The molecular formula is C9H5ClF2N2O2. The van der Waals surface area contributed by atoms with Crippen molar-refractivity contribution in [2.75, 3.05) is 7.11 Å². The molecular weight excluding hydrogens is 242 g/mol. The Morgan fingerprint density at radius 1 is 1.69 bits per heavy atom. The number of carbonyl (C=O) groups is 1. The van der Waals surface area contributed by atoms with Crippen molar-refractivity contribution >= 4 is 16.8 Å². The number of aromatic nitrogens is 1. The molecule has 84 valence electrons. The van der Waals surface area contributed by atoms with Gasteiger partial charge in [0.15, 0.2) is 0 Å². The van der Waals surface area contributed by atoms with E-state index in [4.69, 9.17) is 16.9 Å². The largest absolute Gasteiger partial charge is 0.495 e. The first kappa shape index (κ1) is 12.3. The Balaban J connectivity index is 3.54. The van der Waals surface area contributed by atoms with Gasteiger partial charge in [-0.1, -0.05) is 0 Å². The molecule has 0 N–H and O–H groups in total. The van der Waals surface area contributed by atoms with Crippen LogP contribution in [0.1, 0.15) is 28.0 Å². The Labute approximate surface area is 94.4 Å². The lowest BCUT2D eigenvalue weighted by molar-refractivity contribution is 0.107. The maximum Gasteiger partial charge on any atom is 0.272 e. The number of hydrogen-bond acceptors (Lipinski definition) is 4. The van der Waals surface area contributed by atoms with Crippen LogP contribution in [0, 0.1) is 11.3 Å². The van der Waals surface area contributed by atoms with Crippen LogP contribution in [-0.2, 0) is 0 Å². The van der Waals surface area contributed by atoms with Crippen LogP contribution in [0.5, 0.6) is 5.75 Å². The van der Waals surface area contributed by atoms with Crippen molar-refractivity contribution in [3.63, 3.8) is 0 Å². The topological polar surface area (TPSA) is 63.0 Å². The molecule has 0 atom stereocenters. The monoisotopic (exact) mass is 246 g/mol. The van der Waals surface area contributed by atoms with E-state index < -0.39 is 22.9 Å². The summed E-state index contributed by atoms with van der Waals surface area (Å²) < 4.78 is 29.7. The molecule has 1 aromatic rings. The highest BCUT2D eigenvalue weighted by Gasteiger charge is 2.23. The van der Waals surface area contributed by atoms with Crippen LogP contribution >= 0.6 is 11.6 Å². The molecule has 0 aliphatic heterocycles. The van der Waals surface area contributed by atoms with Gasteiger partial charge in [0.1, 0.15) is 23.1 Å². The number of ether oxygens (including phenoxy) is 1. The van der Waals surface area contributed by atoms with E-state index in [1.54, 1.807) is 6.07 Å². The van der Waals surface area contributed by atoms with E-state index >= 15 is 0 Å². The smallest absolute Gasteiger partial charge is 0.272 e. The molecule has 0 spiro atoms. The minimum Gasteiger partial charge on any atom is -0.495 e. The lowest BCUT2D eigenvalue weighted by Crippen LogP contribution is -2.05. The van der Waals surface area contributed by atoms with Crippen molar-refractivity contribution in [3.05, 3.63) is 23.0 Å². The van der Waals surface area contributed by atoms with Gasteiger partial charge in [-0.05, 0) is 11.6 Å². The van der Waals surface area contributed by atoms with Crippen LogP contribution in [0.25, 0.3) is 0 Å². The molecule has 1 rings (SSSR count). The minimum atomic E-state index is -2.85. The molecule has 0 saturated carbocycles. The van der Waals surface area contributed by atoms with E-state index in [-0.39, 0.29) is 11.3 Å². The zero-order valence-corrected chi connectivity index (χ0v) is 8.76. The molecule has 0 aliphatic rings. The van der Waals surface area contributed by atoms with Gasteiger partial charge in [0.2, 0.25) is 0 Å². The summed E-state index contributed by atoms with van der Waals surface area (Å²) in [5.41, 5.74) is -1.34. The Morgan fingerprint density at radius 3 is 2.69 bits per heavy atom. The number of halogens is 3. The summed E-state index contributed by atoms with van der Waals surface area (Å²) in [5, 5.41) is 7.76. The summed E-state index contributed by atoms with van der Waals surface area (Å²) >= 11 is 5.15. The summed E-state index contributed by atoms with van der Waals surface area (Å²) in [6.45, 7) is 0. The van der Waals surface area contributed by atoms with E-state index in [1.807, 2.05) is 0 Å². The van der Waals surface area contributed by atoms with E-state index in [9.17, 15) is 13.6 Å². The number of nitriles is 1.